The number of aryl methyl sites for hydroxylation is 1. The van der Waals surface area contributed by atoms with Gasteiger partial charge >= 0.3 is 0 Å². The number of benzene rings is 1. The van der Waals surface area contributed by atoms with Crippen LogP contribution in [0.4, 0.5) is 0 Å². The van der Waals surface area contributed by atoms with E-state index in [1.54, 1.807) is 7.11 Å². The molecule has 1 unspecified atom stereocenters. The number of nitrogens with one attached hydrogen (secondary N) is 1. The average molecular weight is 318 g/mol. The molecule has 1 amide bonds. The zero-order valence-corrected chi connectivity index (χ0v) is 14.7. The van der Waals surface area contributed by atoms with Gasteiger partial charge in [-0.2, -0.15) is 0 Å². The number of carbonyl (C=O) groups excluding carboxylic acids is 1. The Morgan fingerprint density at radius 2 is 2.22 bits per heavy atom. The fourth-order valence-corrected chi connectivity index (χ4v) is 3.38. The van der Waals surface area contributed by atoms with E-state index in [2.05, 4.69) is 30.1 Å². The number of likely N-dealkylation sites (tertiary alicyclic amines) is 1. The molecule has 1 fully saturated rings. The highest BCUT2D eigenvalue weighted by Crippen LogP contribution is 2.20. The highest BCUT2D eigenvalue weighted by molar-refractivity contribution is 5.81. The van der Waals surface area contributed by atoms with E-state index in [1.807, 2.05) is 12.1 Å². The van der Waals surface area contributed by atoms with Crippen LogP contribution in [-0.2, 0) is 11.2 Å². The van der Waals surface area contributed by atoms with Crippen molar-refractivity contribution in [2.24, 2.45) is 0 Å². The molecular formula is C19H30N2O2. The fraction of sp³-hybridized carbons (Fsp3) is 0.632. The Labute approximate surface area is 140 Å². The van der Waals surface area contributed by atoms with Gasteiger partial charge in [-0.15, -0.1) is 0 Å². The normalized spacial score (nSPS) is 18.7. The molecule has 0 aliphatic carbocycles. The molecule has 128 valence electrons. The van der Waals surface area contributed by atoms with E-state index >= 15 is 0 Å². The molecule has 4 heteroatoms. The Kier molecular flexibility index (Phi) is 6.90. The number of piperidine rings is 1. The maximum absolute atomic E-state index is 12.5. The third-order valence-corrected chi connectivity index (χ3v) is 4.56. The molecular weight excluding hydrogens is 288 g/mol. The molecule has 2 rings (SSSR count). The van der Waals surface area contributed by atoms with Crippen LogP contribution in [0.2, 0.25) is 0 Å². The number of carbonyl (C=O) groups is 1. The van der Waals surface area contributed by atoms with Crippen molar-refractivity contribution in [1.29, 1.82) is 0 Å². The third-order valence-electron chi connectivity index (χ3n) is 4.56. The van der Waals surface area contributed by atoms with Crippen LogP contribution in [0.15, 0.2) is 18.2 Å². The average Bonchev–Trinajstić information content (AvgIpc) is 2.56. The van der Waals surface area contributed by atoms with E-state index in [4.69, 9.17) is 4.74 Å². The van der Waals surface area contributed by atoms with Gasteiger partial charge in [-0.05, 0) is 57.3 Å². The largest absolute Gasteiger partial charge is 0.496 e. The molecule has 0 spiro atoms. The van der Waals surface area contributed by atoms with E-state index in [0.717, 1.165) is 50.1 Å². The van der Waals surface area contributed by atoms with Gasteiger partial charge in [0.1, 0.15) is 5.75 Å². The molecule has 0 saturated carbocycles. The second kappa shape index (κ2) is 8.92. The molecule has 23 heavy (non-hydrogen) atoms. The Morgan fingerprint density at radius 3 is 2.96 bits per heavy atom. The summed E-state index contributed by atoms with van der Waals surface area (Å²) in [5.41, 5.74) is 2.37. The quantitative estimate of drug-likeness (QED) is 0.840. The lowest BCUT2D eigenvalue weighted by Crippen LogP contribution is -2.50. The number of rotatable bonds is 7. The molecule has 1 aliphatic heterocycles. The first-order chi connectivity index (χ1) is 11.2. The van der Waals surface area contributed by atoms with Crippen LogP contribution in [-0.4, -0.2) is 43.6 Å². The summed E-state index contributed by atoms with van der Waals surface area (Å²) in [6.45, 7) is 6.98. The number of hydrogen-bond donors (Lipinski definition) is 1. The predicted molar refractivity (Wildman–Crippen MR) is 93.9 cm³/mol. The van der Waals surface area contributed by atoms with Crippen LogP contribution in [0.25, 0.3) is 0 Å². The van der Waals surface area contributed by atoms with Crippen molar-refractivity contribution in [3.05, 3.63) is 29.3 Å². The smallest absolute Gasteiger partial charge is 0.237 e. The molecule has 1 heterocycles. The van der Waals surface area contributed by atoms with Gasteiger partial charge in [0.15, 0.2) is 0 Å². The van der Waals surface area contributed by atoms with E-state index in [0.29, 0.717) is 6.54 Å². The molecule has 0 aromatic heterocycles. The van der Waals surface area contributed by atoms with Crippen LogP contribution in [0.1, 0.15) is 43.7 Å². The van der Waals surface area contributed by atoms with Gasteiger partial charge in [0.05, 0.1) is 13.2 Å². The highest BCUT2D eigenvalue weighted by Gasteiger charge is 2.27. The van der Waals surface area contributed by atoms with E-state index in [1.165, 1.54) is 12.0 Å². The lowest BCUT2D eigenvalue weighted by atomic mass is 10.0. The second-order valence-electron chi connectivity index (χ2n) is 6.40. The van der Waals surface area contributed by atoms with Crippen LogP contribution in [0.5, 0.6) is 5.75 Å². The highest BCUT2D eigenvalue weighted by atomic mass is 16.5. The zero-order valence-electron chi connectivity index (χ0n) is 14.7. The van der Waals surface area contributed by atoms with Crippen LogP contribution >= 0.6 is 0 Å². The summed E-state index contributed by atoms with van der Waals surface area (Å²) in [5, 5.41) is 3.12. The van der Waals surface area contributed by atoms with Crippen LogP contribution in [0.3, 0.4) is 0 Å². The van der Waals surface area contributed by atoms with Gasteiger partial charge in [-0.3, -0.25) is 9.69 Å². The molecule has 0 bridgehead atoms. The first-order valence-electron chi connectivity index (χ1n) is 8.81. The lowest BCUT2D eigenvalue weighted by Gasteiger charge is -2.34. The Morgan fingerprint density at radius 1 is 1.39 bits per heavy atom. The van der Waals surface area contributed by atoms with Crippen molar-refractivity contribution in [1.82, 2.24) is 10.2 Å². The molecule has 4 nitrogen and oxygen atoms in total. The summed E-state index contributed by atoms with van der Waals surface area (Å²) >= 11 is 0. The van der Waals surface area contributed by atoms with Gasteiger partial charge in [0.2, 0.25) is 5.91 Å². The topological polar surface area (TPSA) is 41.6 Å². The minimum absolute atomic E-state index is 0.0584. The summed E-state index contributed by atoms with van der Waals surface area (Å²) in [5.74, 6) is 1.08. The summed E-state index contributed by atoms with van der Waals surface area (Å²) in [6.07, 6.45) is 5.26. The van der Waals surface area contributed by atoms with Crippen LogP contribution < -0.4 is 10.1 Å². The Hall–Kier alpha value is -1.55. The van der Waals surface area contributed by atoms with Crippen molar-refractivity contribution in [3.8, 4) is 5.75 Å². The summed E-state index contributed by atoms with van der Waals surface area (Å²) in [7, 11) is 1.69. The maximum Gasteiger partial charge on any atom is 0.237 e. The number of methoxy groups -OCH3 is 1. The zero-order chi connectivity index (χ0) is 16.7. The van der Waals surface area contributed by atoms with Crippen molar-refractivity contribution in [3.63, 3.8) is 0 Å². The van der Waals surface area contributed by atoms with Crippen molar-refractivity contribution < 1.29 is 9.53 Å². The third kappa shape index (κ3) is 4.96. The first-order valence-corrected chi connectivity index (χ1v) is 8.81. The van der Waals surface area contributed by atoms with Crippen molar-refractivity contribution in [2.75, 3.05) is 26.7 Å². The Balaban J connectivity index is 1.87. The van der Waals surface area contributed by atoms with Crippen LogP contribution in [0, 0.1) is 6.92 Å². The molecule has 1 N–H and O–H groups in total. The van der Waals surface area contributed by atoms with Gasteiger partial charge in [0.25, 0.3) is 0 Å². The minimum atomic E-state index is 0.0584. The molecule has 1 saturated heterocycles. The van der Waals surface area contributed by atoms with E-state index in [9.17, 15) is 4.79 Å². The minimum Gasteiger partial charge on any atom is -0.496 e. The number of ether oxygens (including phenoxy) is 1. The summed E-state index contributed by atoms with van der Waals surface area (Å²) < 4.78 is 5.40. The maximum atomic E-state index is 12.5. The molecule has 1 aromatic rings. The second-order valence-corrected chi connectivity index (χ2v) is 6.40. The first kappa shape index (κ1) is 17.8. The summed E-state index contributed by atoms with van der Waals surface area (Å²) in [4.78, 5) is 14.9. The number of amides is 1. The lowest BCUT2D eigenvalue weighted by molar-refractivity contribution is -0.127. The molecule has 0 radical (unpaired) electrons. The van der Waals surface area contributed by atoms with Gasteiger partial charge in [-0.1, -0.05) is 31.0 Å². The standard InChI is InChI=1S/C19H30N2O2/c1-4-12-21-13-6-5-7-17(21)19(22)20-11-10-16-14-15(2)8-9-18(16)23-3/h8-9,14,17H,4-7,10-13H2,1-3H3,(H,20,22). The molecule has 1 aromatic carbocycles. The van der Waals surface area contributed by atoms with Gasteiger partial charge in [0, 0.05) is 6.54 Å². The van der Waals surface area contributed by atoms with E-state index < -0.39 is 0 Å². The fourth-order valence-electron chi connectivity index (χ4n) is 3.38. The predicted octanol–water partition coefficient (Wildman–Crippen LogP) is 2.93. The van der Waals surface area contributed by atoms with Crippen molar-refractivity contribution in [2.45, 2.75) is 52.0 Å². The number of hydrogen-bond acceptors (Lipinski definition) is 3. The van der Waals surface area contributed by atoms with Gasteiger partial charge < -0.3 is 10.1 Å². The SMILES string of the molecule is CCCN1CCCCC1C(=O)NCCc1cc(C)ccc1OC. The summed E-state index contributed by atoms with van der Waals surface area (Å²) in [6, 6.07) is 6.24. The van der Waals surface area contributed by atoms with Crippen molar-refractivity contribution >= 4 is 5.91 Å². The monoisotopic (exact) mass is 318 g/mol. The van der Waals surface area contributed by atoms with Gasteiger partial charge in [-0.25, -0.2) is 0 Å². The number of nitrogens with zero attached hydrogens (tertiary/aromatic N) is 1. The van der Waals surface area contributed by atoms with E-state index in [-0.39, 0.29) is 11.9 Å². The molecule has 1 atom stereocenters. The molecule has 1 aliphatic rings. The Bertz CT molecular complexity index is 514.